The van der Waals surface area contributed by atoms with Crippen LogP contribution in [-0.4, -0.2) is 25.7 Å². The van der Waals surface area contributed by atoms with Crippen LogP contribution in [0.1, 0.15) is 5.56 Å². The molecule has 7 heteroatoms. The molecule has 7 nitrogen and oxygen atoms in total. The number of nitrogens with one attached hydrogen (secondary N) is 1. The summed E-state index contributed by atoms with van der Waals surface area (Å²) in [6.45, 7) is 0.570. The van der Waals surface area contributed by atoms with E-state index in [9.17, 15) is 4.79 Å². The molecule has 0 fully saturated rings. The van der Waals surface area contributed by atoms with E-state index in [0.717, 1.165) is 5.56 Å². The monoisotopic (exact) mass is 232 g/mol. The van der Waals surface area contributed by atoms with Gasteiger partial charge in [0, 0.05) is 18.9 Å². The average molecular weight is 232 g/mol. The molecule has 2 aromatic heterocycles. The molecule has 0 saturated carbocycles. The van der Waals surface area contributed by atoms with Gasteiger partial charge in [0.15, 0.2) is 0 Å². The summed E-state index contributed by atoms with van der Waals surface area (Å²) >= 11 is 0. The van der Waals surface area contributed by atoms with Crippen molar-refractivity contribution in [2.75, 3.05) is 5.73 Å². The van der Waals surface area contributed by atoms with E-state index in [1.54, 1.807) is 12.4 Å². The Morgan fingerprint density at radius 2 is 2.18 bits per heavy atom. The van der Waals surface area contributed by atoms with Crippen LogP contribution in [0.15, 0.2) is 30.9 Å². The standard InChI is InChI=1S/C10H12N6O/c11-10-14-7-16(15-10)6-9(17)13-5-8-1-3-12-4-2-8/h1-4,7H,5-6H2,(H2,11,15)(H,13,17). The van der Waals surface area contributed by atoms with Crippen molar-refractivity contribution < 1.29 is 4.79 Å². The van der Waals surface area contributed by atoms with Crippen molar-refractivity contribution in [3.8, 4) is 0 Å². The van der Waals surface area contributed by atoms with Gasteiger partial charge < -0.3 is 11.1 Å². The van der Waals surface area contributed by atoms with Crippen molar-refractivity contribution >= 4 is 11.9 Å². The van der Waals surface area contributed by atoms with Gasteiger partial charge in [-0.1, -0.05) is 0 Å². The van der Waals surface area contributed by atoms with E-state index in [-0.39, 0.29) is 18.4 Å². The maximum Gasteiger partial charge on any atom is 0.242 e. The highest BCUT2D eigenvalue weighted by molar-refractivity contribution is 5.75. The summed E-state index contributed by atoms with van der Waals surface area (Å²) < 4.78 is 1.39. The van der Waals surface area contributed by atoms with Crippen LogP contribution in [0.2, 0.25) is 0 Å². The molecule has 2 aromatic rings. The van der Waals surface area contributed by atoms with E-state index in [4.69, 9.17) is 5.73 Å². The molecule has 0 unspecified atom stereocenters. The lowest BCUT2D eigenvalue weighted by Gasteiger charge is -2.04. The minimum atomic E-state index is -0.147. The van der Waals surface area contributed by atoms with Crippen molar-refractivity contribution in [3.63, 3.8) is 0 Å². The molecular weight excluding hydrogens is 220 g/mol. The molecule has 88 valence electrons. The summed E-state index contributed by atoms with van der Waals surface area (Å²) in [5, 5.41) is 6.58. The first-order valence-electron chi connectivity index (χ1n) is 5.04. The van der Waals surface area contributed by atoms with E-state index in [2.05, 4.69) is 20.4 Å². The third kappa shape index (κ3) is 3.26. The smallest absolute Gasteiger partial charge is 0.242 e. The number of nitrogen functional groups attached to an aromatic ring is 1. The normalized spacial score (nSPS) is 10.1. The second kappa shape index (κ2) is 5.06. The first-order valence-corrected chi connectivity index (χ1v) is 5.04. The zero-order chi connectivity index (χ0) is 12.1. The number of carbonyl (C=O) groups excluding carboxylic acids is 1. The van der Waals surface area contributed by atoms with E-state index in [1.165, 1.54) is 11.0 Å². The molecule has 0 radical (unpaired) electrons. The van der Waals surface area contributed by atoms with E-state index in [1.807, 2.05) is 12.1 Å². The lowest BCUT2D eigenvalue weighted by atomic mass is 10.3. The Morgan fingerprint density at radius 3 is 2.82 bits per heavy atom. The van der Waals surface area contributed by atoms with E-state index < -0.39 is 0 Å². The van der Waals surface area contributed by atoms with Crippen molar-refractivity contribution in [3.05, 3.63) is 36.4 Å². The molecule has 0 aromatic carbocycles. The van der Waals surface area contributed by atoms with Gasteiger partial charge in [-0.3, -0.25) is 9.78 Å². The van der Waals surface area contributed by atoms with Gasteiger partial charge in [0.05, 0.1) is 0 Å². The van der Waals surface area contributed by atoms with E-state index >= 15 is 0 Å². The SMILES string of the molecule is Nc1ncn(CC(=O)NCc2ccncc2)n1. The average Bonchev–Trinajstić information content (AvgIpc) is 2.73. The third-order valence-electron chi connectivity index (χ3n) is 2.10. The second-order valence-corrected chi connectivity index (χ2v) is 3.43. The number of pyridine rings is 1. The van der Waals surface area contributed by atoms with Gasteiger partial charge in [-0.2, -0.15) is 0 Å². The first-order chi connectivity index (χ1) is 8.24. The Hall–Kier alpha value is -2.44. The zero-order valence-electron chi connectivity index (χ0n) is 9.08. The number of hydrogen-bond acceptors (Lipinski definition) is 5. The third-order valence-corrected chi connectivity index (χ3v) is 2.10. The highest BCUT2D eigenvalue weighted by Gasteiger charge is 2.04. The summed E-state index contributed by atoms with van der Waals surface area (Å²) in [6.07, 6.45) is 4.78. The first kappa shape index (κ1) is 11.1. The Bertz CT molecular complexity index is 495. The van der Waals surface area contributed by atoms with Crippen LogP contribution in [0, 0.1) is 0 Å². The summed E-state index contributed by atoms with van der Waals surface area (Å²) in [5.74, 6) is 0.0126. The van der Waals surface area contributed by atoms with Gasteiger partial charge in [0.1, 0.15) is 12.9 Å². The maximum atomic E-state index is 11.5. The van der Waals surface area contributed by atoms with Crippen molar-refractivity contribution in [2.45, 2.75) is 13.1 Å². The number of amides is 1. The second-order valence-electron chi connectivity index (χ2n) is 3.43. The van der Waals surface area contributed by atoms with Gasteiger partial charge in [0.25, 0.3) is 0 Å². The molecule has 1 amide bonds. The van der Waals surface area contributed by atoms with Crippen molar-refractivity contribution in [1.82, 2.24) is 25.1 Å². The van der Waals surface area contributed by atoms with Crippen LogP contribution in [-0.2, 0) is 17.9 Å². The zero-order valence-corrected chi connectivity index (χ0v) is 9.08. The van der Waals surface area contributed by atoms with Gasteiger partial charge >= 0.3 is 0 Å². The number of carbonyl (C=O) groups is 1. The minimum Gasteiger partial charge on any atom is -0.367 e. The van der Waals surface area contributed by atoms with Crippen LogP contribution in [0.25, 0.3) is 0 Å². The fraction of sp³-hybridized carbons (Fsp3) is 0.200. The number of aromatic nitrogens is 4. The Labute approximate surface area is 97.7 Å². The lowest BCUT2D eigenvalue weighted by molar-refractivity contribution is -0.122. The van der Waals surface area contributed by atoms with E-state index in [0.29, 0.717) is 6.54 Å². The lowest BCUT2D eigenvalue weighted by Crippen LogP contribution is -2.27. The quantitative estimate of drug-likeness (QED) is 0.745. The molecule has 17 heavy (non-hydrogen) atoms. The highest BCUT2D eigenvalue weighted by atomic mass is 16.2. The number of nitrogens with zero attached hydrogens (tertiary/aromatic N) is 4. The van der Waals surface area contributed by atoms with Gasteiger partial charge in [-0.15, -0.1) is 5.10 Å². The van der Waals surface area contributed by atoms with Gasteiger partial charge in [-0.25, -0.2) is 9.67 Å². The van der Waals surface area contributed by atoms with Crippen LogP contribution in [0.5, 0.6) is 0 Å². The number of anilines is 1. The highest BCUT2D eigenvalue weighted by Crippen LogP contribution is 1.95. The minimum absolute atomic E-state index is 0.106. The van der Waals surface area contributed by atoms with Crippen LogP contribution in [0.3, 0.4) is 0 Å². The van der Waals surface area contributed by atoms with Gasteiger partial charge in [0.2, 0.25) is 11.9 Å². The fourth-order valence-corrected chi connectivity index (χ4v) is 1.29. The number of nitrogens with two attached hydrogens (primary N) is 1. The Balaban J connectivity index is 1.82. The van der Waals surface area contributed by atoms with Crippen molar-refractivity contribution in [2.24, 2.45) is 0 Å². The van der Waals surface area contributed by atoms with Crippen LogP contribution in [0.4, 0.5) is 5.95 Å². The molecule has 2 rings (SSSR count). The van der Waals surface area contributed by atoms with Crippen LogP contribution >= 0.6 is 0 Å². The molecule has 0 aliphatic heterocycles. The molecule has 0 bridgehead atoms. The summed E-state index contributed by atoms with van der Waals surface area (Å²) in [5.41, 5.74) is 6.33. The predicted molar refractivity (Wildman–Crippen MR) is 60.5 cm³/mol. The predicted octanol–water partition coefficient (Wildman–Crippen LogP) is -0.428. The molecule has 0 saturated heterocycles. The van der Waals surface area contributed by atoms with Crippen LogP contribution < -0.4 is 11.1 Å². The largest absolute Gasteiger partial charge is 0.367 e. The fourth-order valence-electron chi connectivity index (χ4n) is 1.29. The summed E-state index contributed by atoms with van der Waals surface area (Å²) in [7, 11) is 0. The van der Waals surface area contributed by atoms with Crippen molar-refractivity contribution in [1.29, 1.82) is 0 Å². The molecule has 0 aliphatic rings. The molecule has 0 atom stereocenters. The van der Waals surface area contributed by atoms with Gasteiger partial charge in [-0.05, 0) is 17.7 Å². The molecule has 0 aliphatic carbocycles. The topological polar surface area (TPSA) is 98.7 Å². The Morgan fingerprint density at radius 1 is 1.41 bits per heavy atom. The number of hydrogen-bond donors (Lipinski definition) is 2. The Kier molecular flexibility index (Phi) is 3.29. The molecule has 3 N–H and O–H groups in total. The molecule has 2 heterocycles. The molecule has 0 spiro atoms. The summed E-state index contributed by atoms with van der Waals surface area (Å²) in [6, 6.07) is 3.68. The molecular formula is C10H12N6O. The number of rotatable bonds is 4. The maximum absolute atomic E-state index is 11.5. The summed E-state index contributed by atoms with van der Waals surface area (Å²) in [4.78, 5) is 19.2.